The van der Waals surface area contributed by atoms with Gasteiger partial charge in [-0.2, -0.15) is 13.2 Å². The zero-order chi connectivity index (χ0) is 20.7. The summed E-state index contributed by atoms with van der Waals surface area (Å²) in [6.07, 6.45) is -6.54. The maximum absolute atomic E-state index is 12.8. The van der Waals surface area contributed by atoms with E-state index < -0.39 is 48.2 Å². The average Bonchev–Trinajstić information content (AvgIpc) is 3.05. The zero-order valence-electron chi connectivity index (χ0n) is 15.8. The van der Waals surface area contributed by atoms with Crippen molar-refractivity contribution < 1.29 is 37.2 Å². The van der Waals surface area contributed by atoms with Gasteiger partial charge in [0, 0.05) is 5.02 Å². The highest BCUT2D eigenvalue weighted by molar-refractivity contribution is 6.31. The van der Waals surface area contributed by atoms with Gasteiger partial charge >= 0.3 is 6.18 Å². The minimum absolute atomic E-state index is 0.0418. The third-order valence-electron chi connectivity index (χ3n) is 4.80. The molecule has 0 radical (unpaired) electrons. The molecule has 1 aromatic rings. The van der Waals surface area contributed by atoms with Gasteiger partial charge in [-0.15, -0.1) is 0 Å². The Bertz CT molecular complexity index is 697. The second-order valence-electron chi connectivity index (χ2n) is 7.50. The van der Waals surface area contributed by atoms with Crippen LogP contribution >= 0.6 is 11.6 Å². The molecule has 0 aliphatic carbocycles. The fourth-order valence-electron chi connectivity index (χ4n) is 3.49. The highest BCUT2D eigenvalue weighted by atomic mass is 35.5. The molecule has 0 amide bonds. The Morgan fingerprint density at radius 3 is 2.61 bits per heavy atom. The van der Waals surface area contributed by atoms with Crippen LogP contribution in [-0.4, -0.2) is 41.6 Å². The van der Waals surface area contributed by atoms with Gasteiger partial charge in [0.2, 0.25) is 0 Å². The van der Waals surface area contributed by atoms with Crippen LogP contribution in [0.4, 0.5) is 13.2 Å². The second kappa shape index (κ2) is 8.08. The van der Waals surface area contributed by atoms with Crippen molar-refractivity contribution in [2.24, 2.45) is 0 Å². The molecule has 2 aliphatic rings. The number of halogens is 4. The van der Waals surface area contributed by atoms with Crippen molar-refractivity contribution in [2.45, 2.75) is 82.9 Å². The SMILES string of the molecule is CCC[C@@H](O)[C@H]1O[C@@H]2OC(C)(C)O[C@@H]2[C@H]1OCc1ccc(C(F)(F)F)cc1Cl. The summed E-state index contributed by atoms with van der Waals surface area (Å²) in [6, 6.07) is 3.11. The number of benzene rings is 1. The van der Waals surface area contributed by atoms with Gasteiger partial charge in [0.25, 0.3) is 0 Å². The average molecular weight is 425 g/mol. The van der Waals surface area contributed by atoms with E-state index in [9.17, 15) is 18.3 Å². The highest BCUT2D eigenvalue weighted by Crippen LogP contribution is 2.41. The largest absolute Gasteiger partial charge is 0.416 e. The lowest BCUT2D eigenvalue weighted by Gasteiger charge is -2.28. The molecule has 9 heteroatoms. The van der Waals surface area contributed by atoms with Crippen molar-refractivity contribution >= 4 is 11.6 Å². The van der Waals surface area contributed by atoms with E-state index in [0.29, 0.717) is 12.0 Å². The van der Waals surface area contributed by atoms with Crippen molar-refractivity contribution in [2.75, 3.05) is 0 Å². The molecule has 1 N–H and O–H groups in total. The van der Waals surface area contributed by atoms with Gasteiger partial charge < -0.3 is 24.1 Å². The predicted molar refractivity (Wildman–Crippen MR) is 94.6 cm³/mol. The Kier molecular flexibility index (Phi) is 6.29. The van der Waals surface area contributed by atoms with Crippen molar-refractivity contribution in [1.82, 2.24) is 0 Å². The number of hydrogen-bond acceptors (Lipinski definition) is 5. The third-order valence-corrected chi connectivity index (χ3v) is 5.15. The van der Waals surface area contributed by atoms with E-state index in [1.165, 1.54) is 6.07 Å². The number of hydrogen-bond donors (Lipinski definition) is 1. The zero-order valence-corrected chi connectivity index (χ0v) is 16.6. The molecular formula is C19H24ClF3O5. The minimum atomic E-state index is -4.47. The van der Waals surface area contributed by atoms with Crippen molar-refractivity contribution in [1.29, 1.82) is 0 Å². The number of aliphatic hydroxyl groups excluding tert-OH is 1. The molecule has 5 atom stereocenters. The smallest absolute Gasteiger partial charge is 0.390 e. The third kappa shape index (κ3) is 4.63. The quantitative estimate of drug-likeness (QED) is 0.738. The van der Waals surface area contributed by atoms with Gasteiger partial charge in [-0.05, 0) is 38.0 Å². The molecule has 2 fully saturated rings. The molecule has 2 aliphatic heterocycles. The van der Waals surface area contributed by atoms with Gasteiger partial charge in [0.05, 0.1) is 18.3 Å². The van der Waals surface area contributed by atoms with Crippen molar-refractivity contribution in [3.8, 4) is 0 Å². The summed E-state index contributed by atoms with van der Waals surface area (Å²) >= 11 is 6.01. The molecule has 0 aromatic heterocycles. The van der Waals surface area contributed by atoms with E-state index in [-0.39, 0.29) is 11.6 Å². The summed E-state index contributed by atoms with van der Waals surface area (Å²) in [5, 5.41) is 10.4. The van der Waals surface area contributed by atoms with Gasteiger partial charge in [0.1, 0.15) is 18.3 Å². The molecule has 2 saturated heterocycles. The topological polar surface area (TPSA) is 57.2 Å². The number of alkyl halides is 3. The molecule has 0 bridgehead atoms. The Hall–Kier alpha value is -0.900. The first kappa shape index (κ1) is 21.8. The molecule has 2 heterocycles. The lowest BCUT2D eigenvalue weighted by Crippen LogP contribution is -2.42. The van der Waals surface area contributed by atoms with Crippen LogP contribution in [-0.2, 0) is 31.7 Å². The standard InChI is InChI=1S/C19H24ClF3O5/c1-4-5-13(24)14-15(16-17(26-14)28-18(2,3)27-16)25-9-10-6-7-11(8-12(10)20)19(21,22)23/h6-8,13-17,24H,4-5,9H2,1-3H3/t13-,14-,15+,16-,17-/m1/s1. The molecule has 0 spiro atoms. The first-order chi connectivity index (χ1) is 13.0. The summed E-state index contributed by atoms with van der Waals surface area (Å²) in [5.74, 6) is -0.858. The number of ether oxygens (including phenoxy) is 4. The fourth-order valence-corrected chi connectivity index (χ4v) is 3.73. The van der Waals surface area contributed by atoms with E-state index >= 15 is 0 Å². The number of aliphatic hydroxyl groups is 1. The first-order valence-electron chi connectivity index (χ1n) is 9.18. The van der Waals surface area contributed by atoms with Crippen molar-refractivity contribution in [3.63, 3.8) is 0 Å². The molecule has 28 heavy (non-hydrogen) atoms. The van der Waals surface area contributed by atoms with Crippen LogP contribution in [0.25, 0.3) is 0 Å². The Morgan fingerprint density at radius 2 is 2.00 bits per heavy atom. The molecule has 0 saturated carbocycles. The molecule has 0 unspecified atom stereocenters. The fraction of sp³-hybridized carbons (Fsp3) is 0.684. The van der Waals surface area contributed by atoms with Crippen molar-refractivity contribution in [3.05, 3.63) is 34.3 Å². The lowest BCUT2D eigenvalue weighted by molar-refractivity contribution is -0.230. The second-order valence-corrected chi connectivity index (χ2v) is 7.91. The number of rotatable bonds is 6. The summed E-state index contributed by atoms with van der Waals surface area (Å²) in [4.78, 5) is 0. The van der Waals surface area contributed by atoms with Gasteiger partial charge in [-0.3, -0.25) is 0 Å². The van der Waals surface area contributed by atoms with Gasteiger partial charge in [0.15, 0.2) is 12.1 Å². The maximum Gasteiger partial charge on any atom is 0.416 e. The van der Waals surface area contributed by atoms with Gasteiger partial charge in [-0.25, -0.2) is 0 Å². The van der Waals surface area contributed by atoms with E-state index in [4.69, 9.17) is 30.5 Å². The molecule has 158 valence electrons. The molecular weight excluding hydrogens is 401 g/mol. The normalized spacial score (nSPS) is 30.4. The summed E-state index contributed by atoms with van der Waals surface area (Å²) in [6.45, 7) is 5.38. The van der Waals surface area contributed by atoms with E-state index in [2.05, 4.69) is 0 Å². The van der Waals surface area contributed by atoms with Crippen LogP contribution in [0.5, 0.6) is 0 Å². The van der Waals surface area contributed by atoms with Crippen LogP contribution in [0, 0.1) is 0 Å². The van der Waals surface area contributed by atoms with Gasteiger partial charge in [-0.1, -0.05) is 31.0 Å². The van der Waals surface area contributed by atoms with E-state index in [1.807, 2.05) is 6.92 Å². The Balaban J connectivity index is 1.74. The van der Waals surface area contributed by atoms with Crippen LogP contribution in [0.2, 0.25) is 5.02 Å². The van der Waals surface area contributed by atoms with Crippen LogP contribution in [0.1, 0.15) is 44.7 Å². The molecule has 1 aromatic carbocycles. The molecule has 5 nitrogen and oxygen atoms in total. The van der Waals surface area contributed by atoms with Crippen LogP contribution in [0.3, 0.4) is 0 Å². The Morgan fingerprint density at radius 1 is 1.29 bits per heavy atom. The van der Waals surface area contributed by atoms with E-state index in [0.717, 1.165) is 18.6 Å². The van der Waals surface area contributed by atoms with Crippen LogP contribution < -0.4 is 0 Å². The predicted octanol–water partition coefficient (Wildman–Crippen LogP) is 4.28. The summed E-state index contributed by atoms with van der Waals surface area (Å²) in [7, 11) is 0. The molecule has 3 rings (SSSR count). The minimum Gasteiger partial charge on any atom is -0.390 e. The first-order valence-corrected chi connectivity index (χ1v) is 9.56. The van der Waals surface area contributed by atoms with Crippen LogP contribution in [0.15, 0.2) is 18.2 Å². The summed E-state index contributed by atoms with van der Waals surface area (Å²) < 4.78 is 61.7. The number of fused-ring (bicyclic) bond motifs is 1. The Labute approximate surface area is 166 Å². The monoisotopic (exact) mass is 424 g/mol. The highest BCUT2D eigenvalue weighted by Gasteiger charge is 2.56. The van der Waals surface area contributed by atoms with E-state index in [1.54, 1.807) is 13.8 Å². The summed E-state index contributed by atoms with van der Waals surface area (Å²) in [5.41, 5.74) is -0.420. The lowest BCUT2D eigenvalue weighted by atomic mass is 10.0. The maximum atomic E-state index is 12.8.